The van der Waals surface area contributed by atoms with Crippen LogP contribution < -0.4 is 10.6 Å². The number of carbonyl (C=O) groups excluding carboxylic acids is 1. The van der Waals surface area contributed by atoms with E-state index in [0.29, 0.717) is 0 Å². The molecule has 3 heteroatoms. The lowest BCUT2D eigenvalue weighted by Gasteiger charge is -2.21. The molecule has 0 aliphatic carbocycles. The molecule has 2 aromatic rings. The van der Waals surface area contributed by atoms with Crippen LogP contribution in [-0.4, -0.2) is 6.03 Å². The van der Waals surface area contributed by atoms with Crippen LogP contribution in [0.15, 0.2) is 48.5 Å². The third kappa shape index (κ3) is 7.03. The molecule has 28 heavy (non-hydrogen) atoms. The molecule has 2 amide bonds. The maximum atomic E-state index is 12.1. The standard InChI is InChI=1S/C25H36N2O/c1-3-5-7-9-11-21-13-17-23(18-14-21)27(25(26)28)24-19-15-22(16-20-24)12-10-8-6-4-2/h13-20H,3-12H2,1-2H3,(H2,26,28). The van der Waals surface area contributed by atoms with Crippen LogP contribution in [0.3, 0.4) is 0 Å². The highest BCUT2D eigenvalue weighted by molar-refractivity contribution is 5.98. The van der Waals surface area contributed by atoms with Gasteiger partial charge in [0, 0.05) is 0 Å². The van der Waals surface area contributed by atoms with Crippen molar-refractivity contribution >= 4 is 17.4 Å². The fourth-order valence-corrected chi connectivity index (χ4v) is 3.54. The van der Waals surface area contributed by atoms with Gasteiger partial charge in [0.05, 0.1) is 11.4 Å². The van der Waals surface area contributed by atoms with E-state index < -0.39 is 6.03 Å². The first-order valence-electron chi connectivity index (χ1n) is 10.9. The Kier molecular flexibility index (Phi) is 9.61. The zero-order valence-electron chi connectivity index (χ0n) is 17.6. The summed E-state index contributed by atoms with van der Waals surface area (Å²) < 4.78 is 0. The molecule has 0 aliphatic rings. The van der Waals surface area contributed by atoms with Crippen molar-refractivity contribution in [3.63, 3.8) is 0 Å². The zero-order chi connectivity index (χ0) is 20.2. The Balaban J connectivity index is 2.01. The van der Waals surface area contributed by atoms with Crippen LogP contribution >= 0.6 is 0 Å². The van der Waals surface area contributed by atoms with Crippen molar-refractivity contribution in [3.8, 4) is 0 Å². The van der Waals surface area contributed by atoms with Gasteiger partial charge in [0.1, 0.15) is 0 Å². The van der Waals surface area contributed by atoms with E-state index >= 15 is 0 Å². The smallest absolute Gasteiger partial charge is 0.323 e. The van der Waals surface area contributed by atoms with Crippen LogP contribution in [0.1, 0.15) is 76.3 Å². The van der Waals surface area contributed by atoms with Crippen molar-refractivity contribution in [1.29, 1.82) is 0 Å². The van der Waals surface area contributed by atoms with Gasteiger partial charge in [0.25, 0.3) is 0 Å². The van der Waals surface area contributed by atoms with Gasteiger partial charge in [-0.25, -0.2) is 4.79 Å². The number of benzene rings is 2. The Morgan fingerprint density at radius 1 is 0.679 bits per heavy atom. The zero-order valence-corrected chi connectivity index (χ0v) is 17.6. The first kappa shape index (κ1) is 22.0. The minimum Gasteiger partial charge on any atom is -0.351 e. The second kappa shape index (κ2) is 12.2. The summed E-state index contributed by atoms with van der Waals surface area (Å²) in [4.78, 5) is 13.7. The number of hydrogen-bond acceptors (Lipinski definition) is 1. The van der Waals surface area contributed by atoms with Crippen molar-refractivity contribution in [2.75, 3.05) is 4.90 Å². The molecule has 0 radical (unpaired) electrons. The van der Waals surface area contributed by atoms with E-state index in [2.05, 4.69) is 38.1 Å². The van der Waals surface area contributed by atoms with Crippen molar-refractivity contribution in [1.82, 2.24) is 0 Å². The highest BCUT2D eigenvalue weighted by Gasteiger charge is 2.15. The monoisotopic (exact) mass is 380 g/mol. The van der Waals surface area contributed by atoms with Gasteiger partial charge in [-0.05, 0) is 61.1 Å². The molecule has 0 atom stereocenters. The maximum absolute atomic E-state index is 12.1. The van der Waals surface area contributed by atoms with E-state index in [1.807, 2.05) is 24.3 Å². The first-order valence-corrected chi connectivity index (χ1v) is 10.9. The number of nitrogens with zero attached hydrogens (tertiary/aromatic N) is 1. The van der Waals surface area contributed by atoms with E-state index in [0.717, 1.165) is 24.2 Å². The van der Waals surface area contributed by atoms with Gasteiger partial charge >= 0.3 is 6.03 Å². The number of amides is 2. The number of urea groups is 1. The third-order valence-electron chi connectivity index (χ3n) is 5.25. The predicted octanol–water partition coefficient (Wildman–Crippen LogP) is 7.15. The van der Waals surface area contributed by atoms with Crippen LogP contribution in [-0.2, 0) is 12.8 Å². The van der Waals surface area contributed by atoms with Gasteiger partial charge in [-0.3, -0.25) is 4.90 Å². The van der Waals surface area contributed by atoms with E-state index in [-0.39, 0.29) is 0 Å². The molecule has 0 spiro atoms. The van der Waals surface area contributed by atoms with Crippen molar-refractivity contribution in [3.05, 3.63) is 59.7 Å². The topological polar surface area (TPSA) is 46.3 Å². The summed E-state index contributed by atoms with van der Waals surface area (Å²) in [7, 11) is 0. The Bertz CT molecular complexity index is 636. The first-order chi connectivity index (χ1) is 13.7. The summed E-state index contributed by atoms with van der Waals surface area (Å²) in [6, 6.07) is 16.0. The normalized spacial score (nSPS) is 10.8. The number of carbonyl (C=O) groups is 1. The quantitative estimate of drug-likeness (QED) is 0.390. The largest absolute Gasteiger partial charge is 0.351 e. The number of anilines is 2. The molecule has 0 aromatic heterocycles. The van der Waals surface area contributed by atoms with Crippen LogP contribution in [0.4, 0.5) is 16.2 Å². The minimum absolute atomic E-state index is 0.452. The van der Waals surface area contributed by atoms with Crippen LogP contribution in [0.25, 0.3) is 0 Å². The number of unbranched alkanes of at least 4 members (excludes halogenated alkanes) is 6. The van der Waals surface area contributed by atoms with E-state index in [4.69, 9.17) is 5.73 Å². The van der Waals surface area contributed by atoms with E-state index in [9.17, 15) is 4.79 Å². The molecular formula is C25H36N2O. The fourth-order valence-electron chi connectivity index (χ4n) is 3.54. The second-order valence-electron chi connectivity index (χ2n) is 7.63. The Hall–Kier alpha value is -2.29. The van der Waals surface area contributed by atoms with Gasteiger partial charge < -0.3 is 5.73 Å². The number of primary amides is 1. The molecule has 0 fully saturated rings. The Morgan fingerprint density at radius 3 is 1.39 bits per heavy atom. The van der Waals surface area contributed by atoms with E-state index in [1.54, 1.807) is 4.90 Å². The lowest BCUT2D eigenvalue weighted by atomic mass is 10.0. The molecule has 0 saturated carbocycles. The molecule has 0 aliphatic heterocycles. The molecule has 0 bridgehead atoms. The molecular weight excluding hydrogens is 344 g/mol. The fraction of sp³-hybridized carbons (Fsp3) is 0.480. The molecule has 0 heterocycles. The van der Waals surface area contributed by atoms with Crippen LogP contribution in [0.2, 0.25) is 0 Å². The van der Waals surface area contributed by atoms with E-state index in [1.165, 1.54) is 62.5 Å². The Morgan fingerprint density at radius 2 is 1.07 bits per heavy atom. The minimum atomic E-state index is -0.452. The van der Waals surface area contributed by atoms with Gasteiger partial charge in [0.2, 0.25) is 0 Å². The summed E-state index contributed by atoms with van der Waals surface area (Å²) >= 11 is 0. The summed E-state index contributed by atoms with van der Waals surface area (Å²) in [6.07, 6.45) is 12.2. The SMILES string of the molecule is CCCCCCc1ccc(N(C(N)=O)c2ccc(CCCCCC)cc2)cc1. The summed E-state index contributed by atoms with van der Waals surface area (Å²) in [5.74, 6) is 0. The molecule has 0 unspecified atom stereocenters. The molecule has 0 saturated heterocycles. The summed E-state index contributed by atoms with van der Waals surface area (Å²) in [5.41, 5.74) is 9.95. The second-order valence-corrected chi connectivity index (χ2v) is 7.63. The number of rotatable bonds is 12. The third-order valence-corrected chi connectivity index (χ3v) is 5.25. The summed E-state index contributed by atoms with van der Waals surface area (Å²) in [6.45, 7) is 4.46. The van der Waals surface area contributed by atoms with Crippen molar-refractivity contribution in [2.45, 2.75) is 78.1 Å². The molecule has 2 rings (SSSR count). The van der Waals surface area contributed by atoms with Crippen molar-refractivity contribution < 1.29 is 4.79 Å². The van der Waals surface area contributed by atoms with Crippen LogP contribution in [0, 0.1) is 0 Å². The predicted molar refractivity (Wildman–Crippen MR) is 120 cm³/mol. The average Bonchev–Trinajstić information content (AvgIpc) is 2.71. The molecule has 3 nitrogen and oxygen atoms in total. The molecule has 152 valence electrons. The maximum Gasteiger partial charge on any atom is 0.323 e. The van der Waals surface area contributed by atoms with Gasteiger partial charge in [0.15, 0.2) is 0 Å². The van der Waals surface area contributed by atoms with Crippen LogP contribution in [0.5, 0.6) is 0 Å². The van der Waals surface area contributed by atoms with Gasteiger partial charge in [-0.15, -0.1) is 0 Å². The number of nitrogens with two attached hydrogens (primary N) is 1. The van der Waals surface area contributed by atoms with Gasteiger partial charge in [-0.1, -0.05) is 76.6 Å². The highest BCUT2D eigenvalue weighted by atomic mass is 16.2. The highest BCUT2D eigenvalue weighted by Crippen LogP contribution is 2.26. The van der Waals surface area contributed by atoms with Crippen molar-refractivity contribution in [2.24, 2.45) is 5.73 Å². The molecule has 2 N–H and O–H groups in total. The Labute approximate surface area is 170 Å². The number of aryl methyl sites for hydroxylation is 2. The number of hydrogen-bond donors (Lipinski definition) is 1. The lowest BCUT2D eigenvalue weighted by Crippen LogP contribution is -2.31. The molecule has 2 aromatic carbocycles. The van der Waals surface area contributed by atoms with Gasteiger partial charge in [-0.2, -0.15) is 0 Å². The average molecular weight is 381 g/mol. The lowest BCUT2D eigenvalue weighted by molar-refractivity contribution is 0.256. The summed E-state index contributed by atoms with van der Waals surface area (Å²) in [5, 5.41) is 0.